The van der Waals surface area contributed by atoms with Gasteiger partial charge in [0.25, 0.3) is 0 Å². The number of para-hydroxylation sites is 3. The Labute approximate surface area is 277 Å². The zero-order chi connectivity index (χ0) is 32.5. The second-order valence-electron chi connectivity index (χ2n) is 14.0. The maximum atomic E-state index is 5.98. The summed E-state index contributed by atoms with van der Waals surface area (Å²) in [5, 5.41) is 0. The average Bonchev–Trinajstić information content (AvgIpc) is 3.41. The van der Waals surface area contributed by atoms with Crippen LogP contribution in [0.1, 0.15) is 90.3 Å². The van der Waals surface area contributed by atoms with Gasteiger partial charge in [-0.25, -0.2) is 0 Å². The quantitative estimate of drug-likeness (QED) is 0.224. The highest BCUT2D eigenvalue weighted by Gasteiger charge is 2.44. The summed E-state index contributed by atoms with van der Waals surface area (Å²) in [6.07, 6.45) is 15.1. The lowest BCUT2D eigenvalue weighted by Gasteiger charge is -2.27. The third-order valence-electron chi connectivity index (χ3n) is 10.3. The van der Waals surface area contributed by atoms with E-state index in [1.165, 1.54) is 56.2 Å². The van der Waals surface area contributed by atoms with Gasteiger partial charge >= 0.3 is 0 Å². The molecule has 3 heteroatoms. The maximum absolute atomic E-state index is 5.98. The summed E-state index contributed by atoms with van der Waals surface area (Å²) >= 11 is 0. The average molecular weight is 612 g/mol. The van der Waals surface area contributed by atoms with Gasteiger partial charge in [-0.15, -0.1) is 0 Å². The van der Waals surface area contributed by atoms with Crippen molar-refractivity contribution in [2.75, 3.05) is 25.1 Å². The van der Waals surface area contributed by atoms with Crippen LogP contribution in [0, 0.1) is 0 Å². The minimum absolute atomic E-state index is 0.0586. The first-order valence-corrected chi connectivity index (χ1v) is 17.3. The first-order valence-electron chi connectivity index (χ1n) is 17.3. The number of nitrogens with zero attached hydrogens (tertiary/aromatic N) is 2. The molecule has 46 heavy (non-hydrogen) atoms. The van der Waals surface area contributed by atoms with Crippen molar-refractivity contribution in [2.24, 2.45) is 0 Å². The molecule has 2 aliphatic heterocycles. The van der Waals surface area contributed by atoms with E-state index in [4.69, 9.17) is 4.74 Å². The van der Waals surface area contributed by atoms with E-state index in [2.05, 4.69) is 148 Å². The Morgan fingerprint density at radius 3 is 2.26 bits per heavy atom. The van der Waals surface area contributed by atoms with Crippen LogP contribution in [-0.4, -0.2) is 30.5 Å². The van der Waals surface area contributed by atoms with Gasteiger partial charge in [0.2, 0.25) is 5.69 Å². The summed E-state index contributed by atoms with van der Waals surface area (Å²) in [5.74, 6) is 0.930. The number of anilines is 1. The van der Waals surface area contributed by atoms with E-state index in [1.807, 2.05) is 0 Å². The molecule has 3 nitrogen and oxygen atoms in total. The molecule has 6 rings (SSSR count). The second-order valence-corrected chi connectivity index (χ2v) is 14.0. The van der Waals surface area contributed by atoms with Crippen LogP contribution in [0.3, 0.4) is 0 Å². The number of hydrogen-bond donors (Lipinski definition) is 0. The van der Waals surface area contributed by atoms with E-state index in [1.54, 1.807) is 7.11 Å². The van der Waals surface area contributed by atoms with Gasteiger partial charge in [0.15, 0.2) is 5.71 Å². The summed E-state index contributed by atoms with van der Waals surface area (Å²) in [4.78, 5) is 2.54. The Morgan fingerprint density at radius 1 is 0.783 bits per heavy atom. The molecule has 0 saturated heterocycles. The van der Waals surface area contributed by atoms with Crippen molar-refractivity contribution in [1.29, 1.82) is 0 Å². The Balaban J connectivity index is 1.50. The van der Waals surface area contributed by atoms with E-state index < -0.39 is 0 Å². The Hall–Kier alpha value is -4.11. The number of ether oxygens (including phenoxy) is 1. The molecule has 2 heterocycles. The monoisotopic (exact) mass is 611 g/mol. The van der Waals surface area contributed by atoms with E-state index >= 15 is 0 Å². The first kappa shape index (κ1) is 31.9. The van der Waals surface area contributed by atoms with Gasteiger partial charge in [0, 0.05) is 53.0 Å². The zero-order valence-electron chi connectivity index (χ0n) is 29.0. The SMILES string of the molecule is CCCN1C(=CC=C2CCCC(C=CC3=[N+](CCC)c4ccccc4C3(C)C)=C2c2ccccc2OC)C(C)(C)c2ccccc21. The normalized spacial score (nSPS) is 20.3. The maximum Gasteiger partial charge on any atom is 0.209 e. The Bertz CT molecular complexity index is 1780. The number of fused-ring (bicyclic) bond motifs is 2. The lowest BCUT2D eigenvalue weighted by Crippen LogP contribution is -2.28. The minimum atomic E-state index is -0.0586. The molecule has 0 atom stereocenters. The molecule has 0 amide bonds. The van der Waals surface area contributed by atoms with Gasteiger partial charge in [-0.05, 0) is 80.0 Å². The van der Waals surface area contributed by atoms with E-state index in [-0.39, 0.29) is 10.8 Å². The molecule has 0 radical (unpaired) electrons. The summed E-state index contributed by atoms with van der Waals surface area (Å²) < 4.78 is 8.52. The van der Waals surface area contributed by atoms with Crippen LogP contribution in [0.4, 0.5) is 11.4 Å². The molecule has 0 aromatic heterocycles. The fourth-order valence-corrected chi connectivity index (χ4v) is 8.03. The van der Waals surface area contributed by atoms with Crippen LogP contribution >= 0.6 is 0 Å². The van der Waals surface area contributed by atoms with Gasteiger partial charge in [-0.3, -0.25) is 0 Å². The van der Waals surface area contributed by atoms with Gasteiger partial charge in [-0.1, -0.05) is 94.4 Å². The largest absolute Gasteiger partial charge is 0.496 e. The number of hydrogen-bond acceptors (Lipinski definition) is 2. The first-order chi connectivity index (χ1) is 22.2. The molecule has 0 spiro atoms. The predicted octanol–water partition coefficient (Wildman–Crippen LogP) is 10.7. The highest BCUT2D eigenvalue weighted by molar-refractivity contribution is 6.03. The molecule has 0 saturated carbocycles. The number of benzene rings is 3. The molecule has 1 aliphatic carbocycles. The molecule has 238 valence electrons. The highest BCUT2D eigenvalue weighted by Crippen LogP contribution is 2.48. The molecule has 0 N–H and O–H groups in total. The molecule has 3 aliphatic rings. The molecular formula is C43H51N2O+. The van der Waals surface area contributed by atoms with Crippen LogP contribution in [0.15, 0.2) is 114 Å². The number of rotatable bonds is 9. The van der Waals surface area contributed by atoms with Crippen LogP contribution in [0.25, 0.3) is 5.57 Å². The van der Waals surface area contributed by atoms with Crippen molar-refractivity contribution in [3.63, 3.8) is 0 Å². The van der Waals surface area contributed by atoms with Crippen molar-refractivity contribution in [3.05, 3.63) is 131 Å². The molecule has 0 fully saturated rings. The standard InChI is InChI=1S/C43H51N2O/c1-8-29-44-36-22-13-11-20-34(36)42(3,4)39(44)27-25-31-17-16-18-32(41(31)33-19-10-15-24-38(33)46-7)26-28-40-43(5,6)35-21-12-14-23-37(35)45(40)30-9-2/h10-15,19-28H,8-9,16-18,29-30H2,1-7H3/q+1. The molecule has 3 aromatic rings. The zero-order valence-corrected chi connectivity index (χ0v) is 29.0. The summed E-state index contributed by atoms with van der Waals surface area (Å²) in [5.41, 5.74) is 13.4. The van der Waals surface area contributed by atoms with Crippen LogP contribution < -0.4 is 9.64 Å². The van der Waals surface area contributed by atoms with Gasteiger partial charge in [0.05, 0.1) is 12.5 Å². The minimum Gasteiger partial charge on any atom is -0.496 e. The van der Waals surface area contributed by atoms with Crippen molar-refractivity contribution in [3.8, 4) is 5.75 Å². The number of methoxy groups -OCH3 is 1. The van der Waals surface area contributed by atoms with Crippen molar-refractivity contribution < 1.29 is 9.31 Å². The van der Waals surface area contributed by atoms with Crippen molar-refractivity contribution in [1.82, 2.24) is 0 Å². The predicted molar refractivity (Wildman–Crippen MR) is 196 cm³/mol. The third kappa shape index (κ3) is 5.48. The Morgan fingerprint density at radius 2 is 1.50 bits per heavy atom. The summed E-state index contributed by atoms with van der Waals surface area (Å²) in [6, 6.07) is 26.4. The lowest BCUT2D eigenvalue weighted by molar-refractivity contribution is -0.437. The van der Waals surface area contributed by atoms with E-state index in [0.29, 0.717) is 0 Å². The molecule has 0 unspecified atom stereocenters. The van der Waals surface area contributed by atoms with Gasteiger partial charge in [0.1, 0.15) is 12.3 Å². The third-order valence-corrected chi connectivity index (χ3v) is 10.3. The fraction of sp³-hybridized carbons (Fsp3) is 0.372. The van der Waals surface area contributed by atoms with Gasteiger partial charge < -0.3 is 9.64 Å². The van der Waals surface area contributed by atoms with Crippen LogP contribution in [0.5, 0.6) is 5.75 Å². The molecule has 0 bridgehead atoms. The highest BCUT2D eigenvalue weighted by atomic mass is 16.5. The van der Waals surface area contributed by atoms with Gasteiger partial charge in [-0.2, -0.15) is 4.58 Å². The topological polar surface area (TPSA) is 15.5 Å². The molecular weight excluding hydrogens is 560 g/mol. The second kappa shape index (κ2) is 12.9. The van der Waals surface area contributed by atoms with Crippen LogP contribution in [-0.2, 0) is 10.8 Å². The summed E-state index contributed by atoms with van der Waals surface area (Å²) in [7, 11) is 1.79. The lowest BCUT2D eigenvalue weighted by atomic mass is 9.79. The summed E-state index contributed by atoms with van der Waals surface area (Å²) in [6.45, 7) is 16.1. The molecule has 3 aromatic carbocycles. The number of allylic oxidation sites excluding steroid dienone is 8. The Kier molecular flexibility index (Phi) is 8.97. The smallest absolute Gasteiger partial charge is 0.209 e. The van der Waals surface area contributed by atoms with Crippen molar-refractivity contribution in [2.45, 2.75) is 84.5 Å². The van der Waals surface area contributed by atoms with E-state index in [9.17, 15) is 0 Å². The fourth-order valence-electron chi connectivity index (χ4n) is 8.03. The van der Waals surface area contributed by atoms with Crippen molar-refractivity contribution >= 4 is 22.7 Å². The van der Waals surface area contributed by atoms with Crippen LogP contribution in [0.2, 0.25) is 0 Å². The van der Waals surface area contributed by atoms with E-state index in [0.717, 1.165) is 50.9 Å².